The molecule has 7 nitrogen and oxygen atoms in total. The highest BCUT2D eigenvalue weighted by molar-refractivity contribution is 6.03. The molecule has 0 bridgehead atoms. The molecule has 25 heavy (non-hydrogen) atoms. The molecule has 7 heteroatoms. The average molecular weight is 341 g/mol. The number of benzene rings is 2. The fourth-order valence-corrected chi connectivity index (χ4v) is 1.93. The first-order valence-electron chi connectivity index (χ1n) is 7.13. The number of rotatable bonds is 6. The molecular formula is C18H15NO6. The fourth-order valence-electron chi connectivity index (χ4n) is 1.93. The summed E-state index contributed by atoms with van der Waals surface area (Å²) in [5, 5.41) is 20.7. The molecule has 0 saturated heterocycles. The number of aromatic carboxylic acids is 2. The Balaban J connectivity index is 2.18. The van der Waals surface area contributed by atoms with E-state index in [2.05, 4.69) is 11.9 Å². The van der Waals surface area contributed by atoms with Crippen LogP contribution in [0.15, 0.2) is 54.6 Å². The Kier molecular flexibility index (Phi) is 5.18. The number of amides is 1. The number of ether oxygens (including phenoxy) is 1. The van der Waals surface area contributed by atoms with Crippen LogP contribution in [0.5, 0.6) is 11.5 Å². The highest BCUT2D eigenvalue weighted by Gasteiger charge is 2.17. The maximum atomic E-state index is 11.5. The number of nitrogens with one attached hydrogen (secondary N) is 1. The van der Waals surface area contributed by atoms with Crippen molar-refractivity contribution in [2.75, 3.05) is 5.32 Å². The molecule has 0 atom stereocenters. The van der Waals surface area contributed by atoms with Crippen LogP contribution >= 0.6 is 0 Å². The molecule has 0 spiro atoms. The maximum absolute atomic E-state index is 11.5. The third-order valence-electron chi connectivity index (χ3n) is 3.19. The third-order valence-corrected chi connectivity index (χ3v) is 3.19. The lowest BCUT2D eigenvalue weighted by atomic mass is 10.1. The van der Waals surface area contributed by atoms with E-state index in [1.807, 2.05) is 0 Å². The summed E-state index contributed by atoms with van der Waals surface area (Å²) in [5.41, 5.74) is 0.237. The summed E-state index contributed by atoms with van der Waals surface area (Å²) in [6.07, 6.45) is 0. The lowest BCUT2D eigenvalue weighted by Crippen LogP contribution is -2.11. The molecule has 0 radical (unpaired) electrons. The molecule has 2 aromatic carbocycles. The molecule has 2 rings (SSSR count). The molecule has 0 aliphatic carbocycles. The quantitative estimate of drug-likeness (QED) is 0.694. The molecule has 0 aliphatic rings. The van der Waals surface area contributed by atoms with Gasteiger partial charge in [-0.05, 0) is 49.4 Å². The van der Waals surface area contributed by atoms with Gasteiger partial charge in [-0.2, -0.15) is 0 Å². The van der Waals surface area contributed by atoms with Crippen LogP contribution in [0.1, 0.15) is 27.6 Å². The van der Waals surface area contributed by atoms with Crippen molar-refractivity contribution in [3.8, 4) is 11.5 Å². The van der Waals surface area contributed by atoms with E-state index in [1.54, 1.807) is 31.2 Å². The van der Waals surface area contributed by atoms with E-state index < -0.39 is 11.9 Å². The van der Waals surface area contributed by atoms with E-state index in [0.717, 1.165) is 6.07 Å². The van der Waals surface area contributed by atoms with Crippen molar-refractivity contribution in [2.45, 2.75) is 6.92 Å². The van der Waals surface area contributed by atoms with E-state index in [0.29, 0.717) is 17.0 Å². The molecular weight excluding hydrogens is 326 g/mol. The van der Waals surface area contributed by atoms with E-state index in [4.69, 9.17) is 14.9 Å². The van der Waals surface area contributed by atoms with Crippen molar-refractivity contribution in [3.63, 3.8) is 0 Å². The number of hydrogen-bond acceptors (Lipinski definition) is 4. The monoisotopic (exact) mass is 341 g/mol. The zero-order valence-electron chi connectivity index (χ0n) is 13.3. The lowest BCUT2D eigenvalue weighted by Gasteiger charge is -2.09. The number of carboxylic acid groups (broad SMARTS) is 2. The zero-order chi connectivity index (χ0) is 18.6. The average Bonchev–Trinajstić information content (AvgIpc) is 2.56. The summed E-state index contributed by atoms with van der Waals surface area (Å²) in [7, 11) is 0. The van der Waals surface area contributed by atoms with Crippen LogP contribution in [0, 0.1) is 0 Å². The number of hydrogen-bond donors (Lipinski definition) is 3. The number of carbonyl (C=O) groups excluding carboxylic acids is 1. The second-order valence-corrected chi connectivity index (χ2v) is 5.18. The van der Waals surface area contributed by atoms with Crippen LogP contribution < -0.4 is 10.1 Å². The van der Waals surface area contributed by atoms with Gasteiger partial charge in [-0.15, -0.1) is 0 Å². The normalized spacial score (nSPS) is 9.96. The van der Waals surface area contributed by atoms with Crippen LogP contribution in [0.4, 0.5) is 5.69 Å². The highest BCUT2D eigenvalue weighted by Crippen LogP contribution is 2.25. The van der Waals surface area contributed by atoms with Crippen LogP contribution in [0.2, 0.25) is 0 Å². The Morgan fingerprint density at radius 1 is 0.920 bits per heavy atom. The zero-order valence-corrected chi connectivity index (χ0v) is 13.3. The van der Waals surface area contributed by atoms with Crippen LogP contribution in [-0.2, 0) is 4.79 Å². The highest BCUT2D eigenvalue weighted by atomic mass is 16.5. The van der Waals surface area contributed by atoms with Gasteiger partial charge in [0.1, 0.15) is 11.5 Å². The number of carboxylic acids is 2. The summed E-state index contributed by atoms with van der Waals surface area (Å²) in [5.74, 6) is -2.42. The molecule has 0 aliphatic heterocycles. The van der Waals surface area contributed by atoms with E-state index in [9.17, 15) is 14.4 Å². The molecule has 0 saturated carbocycles. The van der Waals surface area contributed by atoms with Crippen LogP contribution in [0.3, 0.4) is 0 Å². The van der Waals surface area contributed by atoms with Crippen molar-refractivity contribution in [2.24, 2.45) is 0 Å². The van der Waals surface area contributed by atoms with Crippen molar-refractivity contribution in [1.29, 1.82) is 0 Å². The first kappa shape index (κ1) is 17.7. The number of anilines is 1. The standard InChI is InChI=1S/C18H15NO6/c1-10(2)16(20)19-11-3-5-12(6-4-11)25-13-7-8-14(17(21)22)15(9-13)18(23)24/h3-9H,1H2,2H3,(H,19,20)(H,21,22)(H,23,24). The second kappa shape index (κ2) is 7.31. The Morgan fingerprint density at radius 2 is 1.48 bits per heavy atom. The molecule has 128 valence electrons. The van der Waals surface area contributed by atoms with E-state index >= 15 is 0 Å². The Bertz CT molecular complexity index is 854. The van der Waals surface area contributed by atoms with Crippen molar-refractivity contribution in [3.05, 3.63) is 65.7 Å². The maximum Gasteiger partial charge on any atom is 0.336 e. The summed E-state index contributed by atoms with van der Waals surface area (Å²) in [6.45, 7) is 5.13. The largest absolute Gasteiger partial charge is 0.478 e. The minimum Gasteiger partial charge on any atom is -0.478 e. The first-order valence-corrected chi connectivity index (χ1v) is 7.13. The minimum atomic E-state index is -1.36. The van der Waals surface area contributed by atoms with E-state index in [1.165, 1.54) is 12.1 Å². The van der Waals surface area contributed by atoms with Gasteiger partial charge in [0, 0.05) is 11.3 Å². The molecule has 0 heterocycles. The Morgan fingerprint density at radius 3 is 2.00 bits per heavy atom. The predicted octanol–water partition coefficient (Wildman–Crippen LogP) is 3.39. The van der Waals surface area contributed by atoms with Gasteiger partial charge in [-0.3, -0.25) is 4.79 Å². The van der Waals surface area contributed by atoms with Gasteiger partial charge in [0.25, 0.3) is 5.91 Å². The van der Waals surface area contributed by atoms with Gasteiger partial charge in [0.05, 0.1) is 11.1 Å². The summed E-state index contributed by atoms with van der Waals surface area (Å²) in [6, 6.07) is 10.1. The lowest BCUT2D eigenvalue weighted by molar-refractivity contribution is -0.112. The van der Waals surface area contributed by atoms with Crippen molar-refractivity contribution >= 4 is 23.5 Å². The van der Waals surface area contributed by atoms with Crippen LogP contribution in [0.25, 0.3) is 0 Å². The summed E-state index contributed by atoms with van der Waals surface area (Å²) in [4.78, 5) is 33.7. The summed E-state index contributed by atoms with van der Waals surface area (Å²) >= 11 is 0. The van der Waals surface area contributed by atoms with Gasteiger partial charge in [0.2, 0.25) is 0 Å². The van der Waals surface area contributed by atoms with Crippen molar-refractivity contribution < 1.29 is 29.3 Å². The first-order chi connectivity index (χ1) is 11.8. The van der Waals surface area contributed by atoms with Gasteiger partial charge >= 0.3 is 11.9 Å². The fraction of sp³-hybridized carbons (Fsp3) is 0.0556. The van der Waals surface area contributed by atoms with Gasteiger partial charge in [-0.1, -0.05) is 6.58 Å². The summed E-state index contributed by atoms with van der Waals surface area (Å²) < 4.78 is 5.52. The molecule has 0 fully saturated rings. The van der Waals surface area contributed by atoms with Gasteiger partial charge in [-0.25, -0.2) is 9.59 Å². The third kappa shape index (κ3) is 4.44. The minimum absolute atomic E-state index is 0.182. The Hall–Kier alpha value is -3.61. The molecule has 1 amide bonds. The number of carbonyl (C=O) groups is 3. The molecule has 3 N–H and O–H groups in total. The van der Waals surface area contributed by atoms with Crippen LogP contribution in [-0.4, -0.2) is 28.1 Å². The Labute approximate surface area is 143 Å². The van der Waals surface area contributed by atoms with Gasteiger partial charge in [0.15, 0.2) is 0 Å². The SMILES string of the molecule is C=C(C)C(=O)Nc1ccc(Oc2ccc(C(=O)O)c(C(=O)O)c2)cc1. The smallest absolute Gasteiger partial charge is 0.336 e. The van der Waals surface area contributed by atoms with Crippen molar-refractivity contribution in [1.82, 2.24) is 0 Å². The topological polar surface area (TPSA) is 113 Å². The molecule has 2 aromatic rings. The molecule has 0 aromatic heterocycles. The van der Waals surface area contributed by atoms with E-state index in [-0.39, 0.29) is 22.8 Å². The predicted molar refractivity (Wildman–Crippen MR) is 90.3 cm³/mol. The second-order valence-electron chi connectivity index (χ2n) is 5.18. The van der Waals surface area contributed by atoms with Gasteiger partial charge < -0.3 is 20.3 Å². The molecule has 0 unspecified atom stereocenters.